The number of hydrogen-bond donors (Lipinski definition) is 1. The monoisotopic (exact) mass is 354 g/mol. The first kappa shape index (κ1) is 16.1. The van der Waals surface area contributed by atoms with E-state index < -0.39 is 0 Å². The van der Waals surface area contributed by atoms with Gasteiger partial charge in [-0.15, -0.1) is 0 Å². The summed E-state index contributed by atoms with van der Waals surface area (Å²) in [5, 5.41) is 0.800. The number of aromatic amines is 1. The van der Waals surface area contributed by atoms with Crippen LogP contribution in [0, 0.1) is 0 Å². The zero-order valence-corrected chi connectivity index (χ0v) is 14.5. The fourth-order valence-electron chi connectivity index (χ4n) is 3.23. The zero-order valence-electron chi connectivity index (χ0n) is 13.8. The summed E-state index contributed by atoms with van der Waals surface area (Å²) < 4.78 is 0. The van der Waals surface area contributed by atoms with Gasteiger partial charge >= 0.3 is 0 Å². The minimum absolute atomic E-state index is 0.0777. The van der Waals surface area contributed by atoms with E-state index in [1.807, 2.05) is 41.3 Å². The number of piperazine rings is 1. The second-order valence-electron chi connectivity index (χ2n) is 6.29. The van der Waals surface area contributed by atoms with Crippen molar-refractivity contribution in [2.75, 3.05) is 26.2 Å². The maximum Gasteiger partial charge on any atom is 0.254 e. The van der Waals surface area contributed by atoms with Crippen molar-refractivity contribution < 1.29 is 4.79 Å². The second kappa shape index (κ2) is 6.86. The average molecular weight is 355 g/mol. The lowest BCUT2D eigenvalue weighted by Gasteiger charge is -2.35. The maximum absolute atomic E-state index is 12.7. The molecule has 1 aromatic heterocycles. The maximum atomic E-state index is 12.7. The molecular formula is C19H19ClN4O. The van der Waals surface area contributed by atoms with E-state index in [0.29, 0.717) is 5.56 Å². The van der Waals surface area contributed by atoms with Gasteiger partial charge in [-0.3, -0.25) is 9.69 Å². The molecule has 1 aliphatic rings. The summed E-state index contributed by atoms with van der Waals surface area (Å²) in [5.74, 6) is 0.0777. The molecule has 25 heavy (non-hydrogen) atoms. The van der Waals surface area contributed by atoms with E-state index in [1.54, 1.807) is 6.33 Å². The predicted octanol–water partition coefficient (Wildman–Crippen LogP) is 3.17. The minimum atomic E-state index is 0.0777. The standard InChI is InChI=1S/C19H19ClN4O/c20-16-4-2-1-3-15(16)12-23-7-9-24(10-8-23)19(25)14-5-6-17-18(11-14)22-13-21-17/h1-6,11,13H,7-10,12H2,(H,21,22). The number of aromatic nitrogens is 2. The van der Waals surface area contributed by atoms with Gasteiger partial charge in [0.25, 0.3) is 5.91 Å². The summed E-state index contributed by atoms with van der Waals surface area (Å²) in [6.07, 6.45) is 1.65. The Morgan fingerprint density at radius 3 is 2.72 bits per heavy atom. The molecule has 3 aromatic rings. The van der Waals surface area contributed by atoms with Gasteiger partial charge in [-0.2, -0.15) is 0 Å². The number of halogens is 1. The van der Waals surface area contributed by atoms with Crippen LogP contribution in [0.25, 0.3) is 11.0 Å². The summed E-state index contributed by atoms with van der Waals surface area (Å²) >= 11 is 6.24. The highest BCUT2D eigenvalue weighted by molar-refractivity contribution is 6.31. The van der Waals surface area contributed by atoms with Crippen molar-refractivity contribution in [3.05, 3.63) is 64.9 Å². The highest BCUT2D eigenvalue weighted by atomic mass is 35.5. The van der Waals surface area contributed by atoms with Crippen LogP contribution in [0.5, 0.6) is 0 Å². The van der Waals surface area contributed by atoms with Gasteiger partial charge < -0.3 is 9.88 Å². The molecule has 0 bridgehead atoms. The van der Waals surface area contributed by atoms with Crippen LogP contribution in [-0.2, 0) is 6.54 Å². The van der Waals surface area contributed by atoms with Crippen LogP contribution in [-0.4, -0.2) is 51.9 Å². The number of benzene rings is 2. The van der Waals surface area contributed by atoms with Crippen molar-refractivity contribution >= 4 is 28.5 Å². The third-order valence-corrected chi connectivity index (χ3v) is 5.05. The highest BCUT2D eigenvalue weighted by Crippen LogP contribution is 2.19. The summed E-state index contributed by atoms with van der Waals surface area (Å²) in [6.45, 7) is 3.98. The molecule has 0 atom stereocenters. The van der Waals surface area contributed by atoms with Crippen LogP contribution in [0.1, 0.15) is 15.9 Å². The van der Waals surface area contributed by atoms with Crippen molar-refractivity contribution in [3.63, 3.8) is 0 Å². The SMILES string of the molecule is O=C(c1ccc2nc[nH]c2c1)N1CCN(Cc2ccccc2Cl)CC1. The van der Waals surface area contributed by atoms with Gasteiger partial charge in [-0.25, -0.2) is 4.98 Å². The predicted molar refractivity (Wildman–Crippen MR) is 98.7 cm³/mol. The average Bonchev–Trinajstić information content (AvgIpc) is 3.11. The molecule has 0 aliphatic carbocycles. The van der Waals surface area contributed by atoms with Crippen LogP contribution in [0.15, 0.2) is 48.8 Å². The molecule has 0 radical (unpaired) electrons. The number of carbonyl (C=O) groups is 1. The van der Waals surface area contributed by atoms with Gasteiger partial charge in [0.1, 0.15) is 0 Å². The third kappa shape index (κ3) is 3.38. The lowest BCUT2D eigenvalue weighted by Crippen LogP contribution is -2.48. The smallest absolute Gasteiger partial charge is 0.254 e. The van der Waals surface area contributed by atoms with E-state index in [-0.39, 0.29) is 5.91 Å². The first-order valence-corrected chi connectivity index (χ1v) is 8.77. The lowest BCUT2D eigenvalue weighted by molar-refractivity contribution is 0.0628. The number of fused-ring (bicyclic) bond motifs is 1. The lowest BCUT2D eigenvalue weighted by atomic mass is 10.1. The summed E-state index contributed by atoms with van der Waals surface area (Å²) in [7, 11) is 0. The minimum Gasteiger partial charge on any atom is -0.345 e. The molecule has 5 nitrogen and oxygen atoms in total. The van der Waals surface area contributed by atoms with Crippen LogP contribution in [0.2, 0.25) is 5.02 Å². The topological polar surface area (TPSA) is 52.2 Å². The number of hydrogen-bond acceptors (Lipinski definition) is 3. The fraction of sp³-hybridized carbons (Fsp3) is 0.263. The summed E-state index contributed by atoms with van der Waals surface area (Å²) in [5.41, 5.74) is 3.61. The highest BCUT2D eigenvalue weighted by Gasteiger charge is 2.22. The second-order valence-corrected chi connectivity index (χ2v) is 6.70. The molecule has 1 amide bonds. The van der Waals surface area contributed by atoms with Crippen molar-refractivity contribution in [1.29, 1.82) is 0 Å². The number of imidazole rings is 1. The molecule has 1 saturated heterocycles. The zero-order chi connectivity index (χ0) is 17.2. The number of nitrogens with zero attached hydrogens (tertiary/aromatic N) is 3. The molecule has 0 unspecified atom stereocenters. The van der Waals surface area contributed by atoms with Crippen LogP contribution >= 0.6 is 11.6 Å². The number of H-pyrrole nitrogens is 1. The van der Waals surface area contributed by atoms with E-state index in [0.717, 1.165) is 54.3 Å². The summed E-state index contributed by atoms with van der Waals surface area (Å²) in [4.78, 5) is 24.2. The van der Waals surface area contributed by atoms with E-state index in [4.69, 9.17) is 11.6 Å². The Labute approximate surface area is 151 Å². The third-order valence-electron chi connectivity index (χ3n) is 4.68. The van der Waals surface area contributed by atoms with Crippen LogP contribution in [0.3, 0.4) is 0 Å². The number of carbonyl (C=O) groups excluding carboxylic acids is 1. The molecule has 1 fully saturated rings. The fourth-order valence-corrected chi connectivity index (χ4v) is 3.42. The van der Waals surface area contributed by atoms with Gasteiger partial charge in [0.15, 0.2) is 0 Å². The van der Waals surface area contributed by atoms with Gasteiger partial charge in [0.2, 0.25) is 0 Å². The molecule has 6 heteroatoms. The van der Waals surface area contributed by atoms with Crippen LogP contribution < -0.4 is 0 Å². The Hall–Kier alpha value is -2.37. The number of nitrogens with one attached hydrogen (secondary N) is 1. The van der Waals surface area contributed by atoms with Crippen molar-refractivity contribution in [2.24, 2.45) is 0 Å². The molecule has 128 valence electrons. The molecule has 1 aliphatic heterocycles. The molecule has 2 heterocycles. The van der Waals surface area contributed by atoms with Crippen molar-refractivity contribution in [2.45, 2.75) is 6.54 Å². The largest absolute Gasteiger partial charge is 0.345 e. The first-order valence-electron chi connectivity index (χ1n) is 8.39. The number of amides is 1. The van der Waals surface area contributed by atoms with Gasteiger partial charge in [-0.05, 0) is 29.8 Å². The van der Waals surface area contributed by atoms with Gasteiger partial charge in [0.05, 0.1) is 17.4 Å². The normalized spacial score (nSPS) is 15.6. The molecule has 4 rings (SSSR count). The van der Waals surface area contributed by atoms with Gasteiger partial charge in [0, 0.05) is 43.3 Å². The quantitative estimate of drug-likeness (QED) is 0.786. The van der Waals surface area contributed by atoms with E-state index >= 15 is 0 Å². The molecular weight excluding hydrogens is 336 g/mol. The molecule has 0 saturated carbocycles. The Bertz CT molecular complexity index is 899. The summed E-state index contributed by atoms with van der Waals surface area (Å²) in [6, 6.07) is 13.5. The molecule has 1 N–H and O–H groups in total. The van der Waals surface area contributed by atoms with E-state index in [9.17, 15) is 4.79 Å². The molecule has 2 aromatic carbocycles. The van der Waals surface area contributed by atoms with Crippen molar-refractivity contribution in [3.8, 4) is 0 Å². The van der Waals surface area contributed by atoms with Crippen LogP contribution in [0.4, 0.5) is 0 Å². The Morgan fingerprint density at radius 2 is 1.92 bits per heavy atom. The number of rotatable bonds is 3. The first-order chi connectivity index (χ1) is 12.2. The van der Waals surface area contributed by atoms with Gasteiger partial charge in [-0.1, -0.05) is 29.8 Å². The van der Waals surface area contributed by atoms with Crippen molar-refractivity contribution in [1.82, 2.24) is 19.8 Å². The van der Waals surface area contributed by atoms with E-state index in [1.165, 1.54) is 0 Å². The Kier molecular flexibility index (Phi) is 4.42. The van der Waals surface area contributed by atoms with E-state index in [2.05, 4.69) is 20.9 Å². The molecule has 0 spiro atoms. The Morgan fingerprint density at radius 1 is 1.12 bits per heavy atom. The Balaban J connectivity index is 1.39.